The molecule has 0 saturated heterocycles. The Morgan fingerprint density at radius 1 is 0.889 bits per heavy atom. The zero-order valence-electron chi connectivity index (χ0n) is 19.7. The Morgan fingerprint density at radius 2 is 1.67 bits per heavy atom. The van der Waals surface area contributed by atoms with Gasteiger partial charge in [-0.2, -0.15) is 0 Å². The Labute approximate surface area is 208 Å². The SMILES string of the molecule is CNC(=O)c1cccc(-c2cccnc2[C@@H](CC(=O)Cc2ccccn2)Cc2cc(F)cc(F)c2)c1. The van der Waals surface area contributed by atoms with Gasteiger partial charge in [-0.05, 0) is 60.0 Å². The molecule has 1 atom stereocenters. The van der Waals surface area contributed by atoms with Crippen molar-refractivity contribution in [3.63, 3.8) is 0 Å². The summed E-state index contributed by atoms with van der Waals surface area (Å²) in [7, 11) is 1.56. The molecule has 0 aliphatic rings. The van der Waals surface area contributed by atoms with E-state index in [1.807, 2.05) is 18.2 Å². The highest BCUT2D eigenvalue weighted by atomic mass is 19.1. The van der Waals surface area contributed by atoms with Gasteiger partial charge < -0.3 is 5.32 Å². The van der Waals surface area contributed by atoms with Crippen LogP contribution in [0.3, 0.4) is 0 Å². The third-order valence-electron chi connectivity index (χ3n) is 5.87. The lowest BCUT2D eigenvalue weighted by Gasteiger charge is -2.20. The molecule has 1 N–H and O–H groups in total. The molecule has 1 amide bonds. The summed E-state index contributed by atoms with van der Waals surface area (Å²) in [5.41, 5.74) is 3.68. The van der Waals surface area contributed by atoms with Crippen molar-refractivity contribution in [2.24, 2.45) is 0 Å². The van der Waals surface area contributed by atoms with Crippen LogP contribution in [0.1, 0.15) is 39.6 Å². The molecule has 0 saturated carbocycles. The molecule has 0 bridgehead atoms. The van der Waals surface area contributed by atoms with Crippen molar-refractivity contribution in [1.29, 1.82) is 0 Å². The lowest BCUT2D eigenvalue weighted by molar-refractivity contribution is -0.118. The Balaban J connectivity index is 1.72. The summed E-state index contributed by atoms with van der Waals surface area (Å²) in [4.78, 5) is 34.1. The largest absolute Gasteiger partial charge is 0.355 e. The zero-order chi connectivity index (χ0) is 25.5. The summed E-state index contributed by atoms with van der Waals surface area (Å²) in [6.07, 6.45) is 3.72. The summed E-state index contributed by atoms with van der Waals surface area (Å²) < 4.78 is 27.9. The van der Waals surface area contributed by atoms with Crippen LogP contribution in [0, 0.1) is 11.6 Å². The second-order valence-corrected chi connectivity index (χ2v) is 8.52. The number of aromatic nitrogens is 2. The van der Waals surface area contributed by atoms with Gasteiger partial charge in [-0.1, -0.05) is 24.3 Å². The maximum Gasteiger partial charge on any atom is 0.251 e. The molecule has 4 rings (SSSR count). The van der Waals surface area contributed by atoms with Crippen LogP contribution in [0.2, 0.25) is 0 Å². The molecule has 0 unspecified atom stereocenters. The van der Waals surface area contributed by atoms with E-state index >= 15 is 0 Å². The number of nitrogens with zero attached hydrogens (tertiary/aromatic N) is 2. The number of hydrogen-bond donors (Lipinski definition) is 1. The molecule has 0 spiro atoms. The fraction of sp³-hybridized carbons (Fsp3) is 0.172. The van der Waals surface area contributed by atoms with Crippen molar-refractivity contribution in [1.82, 2.24) is 15.3 Å². The number of pyridine rings is 2. The first-order chi connectivity index (χ1) is 17.4. The van der Waals surface area contributed by atoms with Gasteiger partial charge in [0.1, 0.15) is 17.4 Å². The Morgan fingerprint density at radius 3 is 2.39 bits per heavy atom. The number of hydrogen-bond acceptors (Lipinski definition) is 4. The lowest BCUT2D eigenvalue weighted by Crippen LogP contribution is -2.17. The van der Waals surface area contributed by atoms with E-state index in [-0.39, 0.29) is 31.0 Å². The number of benzene rings is 2. The van der Waals surface area contributed by atoms with Crippen molar-refractivity contribution in [3.05, 3.63) is 119 Å². The van der Waals surface area contributed by atoms with Crippen molar-refractivity contribution in [3.8, 4) is 11.1 Å². The van der Waals surface area contributed by atoms with Gasteiger partial charge in [-0.25, -0.2) is 8.78 Å². The molecular weight excluding hydrogens is 460 g/mol. The van der Waals surface area contributed by atoms with Gasteiger partial charge in [0.2, 0.25) is 0 Å². The van der Waals surface area contributed by atoms with Gasteiger partial charge >= 0.3 is 0 Å². The molecule has 0 aliphatic heterocycles. The van der Waals surface area contributed by atoms with Crippen LogP contribution in [0.25, 0.3) is 11.1 Å². The summed E-state index contributed by atoms with van der Waals surface area (Å²) in [5, 5.41) is 2.61. The van der Waals surface area contributed by atoms with Gasteiger partial charge in [0.15, 0.2) is 0 Å². The van der Waals surface area contributed by atoms with Gasteiger partial charge in [0.25, 0.3) is 5.91 Å². The second-order valence-electron chi connectivity index (χ2n) is 8.52. The average Bonchev–Trinajstić information content (AvgIpc) is 2.88. The minimum absolute atomic E-state index is 0.0636. The highest BCUT2D eigenvalue weighted by Crippen LogP contribution is 2.33. The minimum Gasteiger partial charge on any atom is -0.355 e. The lowest BCUT2D eigenvalue weighted by atomic mass is 9.86. The molecule has 0 fully saturated rings. The zero-order valence-corrected chi connectivity index (χ0v) is 19.7. The maximum absolute atomic E-state index is 14.0. The van der Waals surface area contributed by atoms with Crippen molar-refractivity contribution < 1.29 is 18.4 Å². The van der Waals surface area contributed by atoms with Crippen LogP contribution in [0.4, 0.5) is 8.78 Å². The molecule has 2 heterocycles. The number of Topliss-reactive ketones (excluding diaryl/α,β-unsaturated/α-hetero) is 1. The van der Waals surface area contributed by atoms with E-state index in [1.165, 1.54) is 12.1 Å². The molecule has 2 aromatic heterocycles. The molecule has 36 heavy (non-hydrogen) atoms. The van der Waals surface area contributed by atoms with Crippen LogP contribution in [0.5, 0.6) is 0 Å². The summed E-state index contributed by atoms with van der Waals surface area (Å²) in [6, 6.07) is 19.5. The Hall–Kier alpha value is -4.26. The average molecular weight is 486 g/mol. The van der Waals surface area contributed by atoms with Crippen molar-refractivity contribution >= 4 is 11.7 Å². The number of halogens is 2. The number of ketones is 1. The van der Waals surface area contributed by atoms with Crippen molar-refractivity contribution in [2.75, 3.05) is 7.05 Å². The van der Waals surface area contributed by atoms with Crippen LogP contribution in [-0.2, 0) is 17.6 Å². The van der Waals surface area contributed by atoms with E-state index in [1.54, 1.807) is 55.8 Å². The molecule has 0 radical (unpaired) electrons. The third-order valence-corrected chi connectivity index (χ3v) is 5.87. The van der Waals surface area contributed by atoms with Crippen LogP contribution in [-0.4, -0.2) is 28.7 Å². The third kappa shape index (κ3) is 6.24. The predicted octanol–water partition coefficient (Wildman–Crippen LogP) is 5.31. The highest BCUT2D eigenvalue weighted by molar-refractivity contribution is 5.95. The number of amides is 1. The topological polar surface area (TPSA) is 72.0 Å². The Bertz CT molecular complexity index is 1360. The number of carbonyl (C=O) groups is 2. The first kappa shape index (κ1) is 24.9. The van der Waals surface area contributed by atoms with E-state index in [0.29, 0.717) is 22.5 Å². The highest BCUT2D eigenvalue weighted by Gasteiger charge is 2.23. The van der Waals surface area contributed by atoms with E-state index < -0.39 is 17.6 Å². The summed E-state index contributed by atoms with van der Waals surface area (Å²) in [5.74, 6) is -2.10. The van der Waals surface area contributed by atoms with Crippen LogP contribution in [0.15, 0.2) is 85.2 Å². The second kappa shape index (κ2) is 11.4. The number of nitrogens with one attached hydrogen (secondary N) is 1. The van der Waals surface area contributed by atoms with Crippen molar-refractivity contribution in [2.45, 2.75) is 25.2 Å². The fourth-order valence-electron chi connectivity index (χ4n) is 4.29. The number of rotatable bonds is 9. The fourth-order valence-corrected chi connectivity index (χ4v) is 4.29. The molecular formula is C29H25F2N3O2. The smallest absolute Gasteiger partial charge is 0.251 e. The number of carbonyl (C=O) groups excluding carboxylic acids is 2. The standard InChI is InChI=1S/C29H25F2N3O2/c1-32-29(36)21-7-4-6-20(15-21)27-9-5-11-34-28(27)22(12-19-13-23(30)17-24(31)14-19)16-26(35)18-25-8-2-3-10-33-25/h2-11,13-15,17,22H,12,16,18H2,1H3,(H,32,36)/t22-/m1/s1. The van der Waals surface area contributed by atoms with E-state index in [2.05, 4.69) is 15.3 Å². The normalized spacial score (nSPS) is 11.6. The van der Waals surface area contributed by atoms with Gasteiger partial charge in [-0.3, -0.25) is 19.6 Å². The first-order valence-electron chi connectivity index (χ1n) is 11.6. The monoisotopic (exact) mass is 485 g/mol. The minimum atomic E-state index is -0.678. The molecule has 5 nitrogen and oxygen atoms in total. The summed E-state index contributed by atoms with van der Waals surface area (Å²) >= 11 is 0. The molecule has 182 valence electrons. The molecule has 4 aromatic rings. The quantitative estimate of drug-likeness (QED) is 0.349. The van der Waals surface area contributed by atoms with E-state index in [9.17, 15) is 18.4 Å². The Kier molecular flexibility index (Phi) is 7.90. The summed E-state index contributed by atoms with van der Waals surface area (Å²) in [6.45, 7) is 0. The van der Waals surface area contributed by atoms with Gasteiger partial charge in [-0.15, -0.1) is 0 Å². The van der Waals surface area contributed by atoms with Gasteiger partial charge in [0.05, 0.1) is 5.69 Å². The van der Waals surface area contributed by atoms with Gasteiger partial charge in [0, 0.05) is 61.1 Å². The van der Waals surface area contributed by atoms with E-state index in [0.717, 1.165) is 17.2 Å². The van der Waals surface area contributed by atoms with Crippen LogP contribution < -0.4 is 5.32 Å². The predicted molar refractivity (Wildman–Crippen MR) is 133 cm³/mol. The molecule has 2 aromatic carbocycles. The maximum atomic E-state index is 14.0. The van der Waals surface area contributed by atoms with E-state index in [4.69, 9.17) is 0 Å². The molecule has 7 heteroatoms. The first-order valence-corrected chi connectivity index (χ1v) is 11.6. The van der Waals surface area contributed by atoms with Crippen LogP contribution >= 0.6 is 0 Å². The molecule has 0 aliphatic carbocycles.